The summed E-state index contributed by atoms with van der Waals surface area (Å²) in [5, 5.41) is 4.95. The van der Waals surface area contributed by atoms with Crippen LogP contribution in [0.25, 0.3) is 64.3 Å². The lowest BCUT2D eigenvalue weighted by Gasteiger charge is -2.26. The molecule has 0 bridgehead atoms. The molecule has 0 spiro atoms. The first kappa shape index (κ1) is 44.5. The maximum Gasteiger partial charge on any atom is 0.0468 e. The summed E-state index contributed by atoms with van der Waals surface area (Å²) < 4.78 is 2.49. The summed E-state index contributed by atoms with van der Waals surface area (Å²) in [5.74, 6) is 0. The van der Waals surface area contributed by atoms with E-state index in [1.165, 1.54) is 42.1 Å². The van der Waals surface area contributed by atoms with Gasteiger partial charge in [0.1, 0.15) is 0 Å². The number of para-hydroxylation sites is 5. The van der Waals surface area contributed by atoms with Gasteiger partial charge in [0.05, 0.1) is 0 Å². The summed E-state index contributed by atoms with van der Waals surface area (Å²) in [7, 11) is 0. The molecule has 4 heteroatoms. The molecule has 0 saturated heterocycles. The minimum atomic E-state index is 1.09. The van der Waals surface area contributed by atoms with E-state index in [1.807, 2.05) is 11.3 Å². The molecule has 13 rings (SSSR count). The van der Waals surface area contributed by atoms with Crippen LogP contribution >= 0.6 is 11.3 Å². The van der Waals surface area contributed by atoms with Gasteiger partial charge in [-0.2, -0.15) is 0 Å². The third kappa shape index (κ3) is 8.64. The summed E-state index contributed by atoms with van der Waals surface area (Å²) in [6, 6.07) is 108. The molecule has 0 N–H and O–H groups in total. The van der Waals surface area contributed by atoms with Gasteiger partial charge in [0.15, 0.2) is 0 Å². The monoisotopic (exact) mass is 963 g/mol. The summed E-state index contributed by atoms with van der Waals surface area (Å²) in [6.07, 6.45) is 0. The van der Waals surface area contributed by atoms with Crippen LogP contribution in [0, 0.1) is 0 Å². The molecule has 0 atom stereocenters. The molecular formula is C70H49N3S. The van der Waals surface area contributed by atoms with E-state index >= 15 is 0 Å². The Morgan fingerprint density at radius 1 is 0.216 bits per heavy atom. The van der Waals surface area contributed by atoms with Crippen LogP contribution in [0.4, 0.5) is 51.2 Å². The van der Waals surface area contributed by atoms with Crippen LogP contribution in [-0.2, 0) is 0 Å². The van der Waals surface area contributed by atoms with E-state index in [0.717, 1.165) is 73.4 Å². The second kappa shape index (κ2) is 19.6. The van der Waals surface area contributed by atoms with Crippen molar-refractivity contribution in [3.8, 4) is 33.4 Å². The Bertz CT molecular complexity index is 4000. The predicted molar refractivity (Wildman–Crippen MR) is 317 cm³/mol. The average Bonchev–Trinajstić information content (AvgIpc) is 3.85. The van der Waals surface area contributed by atoms with E-state index in [2.05, 4.69) is 312 Å². The molecule has 74 heavy (non-hydrogen) atoms. The Morgan fingerprint density at radius 2 is 0.595 bits per heavy atom. The first-order chi connectivity index (χ1) is 36.7. The molecule has 0 fully saturated rings. The van der Waals surface area contributed by atoms with Crippen molar-refractivity contribution in [1.29, 1.82) is 0 Å². The zero-order valence-corrected chi connectivity index (χ0v) is 41.4. The molecule has 1 heterocycles. The predicted octanol–water partition coefficient (Wildman–Crippen LogP) is 20.6. The Kier molecular flexibility index (Phi) is 11.8. The zero-order valence-electron chi connectivity index (χ0n) is 40.5. The van der Waals surface area contributed by atoms with E-state index < -0.39 is 0 Å². The highest BCUT2D eigenvalue weighted by Gasteiger charge is 2.20. The number of thiophene rings is 1. The highest BCUT2D eigenvalue weighted by molar-refractivity contribution is 7.26. The van der Waals surface area contributed by atoms with Crippen molar-refractivity contribution in [3.05, 3.63) is 297 Å². The fourth-order valence-electron chi connectivity index (χ4n) is 10.5. The van der Waals surface area contributed by atoms with Crippen molar-refractivity contribution in [2.45, 2.75) is 0 Å². The van der Waals surface area contributed by atoms with E-state index in [1.54, 1.807) is 0 Å². The van der Waals surface area contributed by atoms with Crippen molar-refractivity contribution in [3.63, 3.8) is 0 Å². The van der Waals surface area contributed by atoms with Crippen molar-refractivity contribution < 1.29 is 0 Å². The molecule has 0 aliphatic heterocycles. The van der Waals surface area contributed by atoms with E-state index in [0.29, 0.717) is 0 Å². The SMILES string of the molecule is c1ccc(N(c2ccccc2)c2cccc(-c3cc(-c4cccc(N(c5ccccc5)c5ccccc5)c4)c4c(c3)sc3cc(-c5cccc(N(c6ccccc6)c6ccc7ccccc7c6)c5)ccc34)c2)cc1. The lowest BCUT2D eigenvalue weighted by atomic mass is 9.93. The van der Waals surface area contributed by atoms with Gasteiger partial charge >= 0.3 is 0 Å². The fourth-order valence-corrected chi connectivity index (χ4v) is 11.7. The Hall–Kier alpha value is -9.48. The van der Waals surface area contributed by atoms with Crippen LogP contribution < -0.4 is 14.7 Å². The van der Waals surface area contributed by atoms with Gasteiger partial charge in [0.2, 0.25) is 0 Å². The summed E-state index contributed by atoms with van der Waals surface area (Å²) in [4.78, 5) is 7.05. The number of hydrogen-bond acceptors (Lipinski definition) is 4. The van der Waals surface area contributed by atoms with Crippen LogP contribution in [0.2, 0.25) is 0 Å². The second-order valence-electron chi connectivity index (χ2n) is 18.6. The van der Waals surface area contributed by atoms with E-state index in [4.69, 9.17) is 0 Å². The fraction of sp³-hybridized carbons (Fsp3) is 0. The van der Waals surface area contributed by atoms with Gasteiger partial charge in [-0.15, -0.1) is 11.3 Å². The minimum Gasteiger partial charge on any atom is -0.310 e. The standard InChI is InChI=1S/C70H49N3S/c1-6-26-57(27-7-1)71(58-28-8-2-9-29-58)62-36-19-24-53(45-62)56-47-67(55-25-20-38-64(46-55)72(59-30-10-3-11-31-59)60-32-12-4-13-33-60)70-66-42-40-54(48-68(66)74-69(70)49-56)52-23-18-37-63(44-52)73(61-34-14-5-15-35-61)65-41-39-50-21-16-17-22-51(50)43-65/h1-49H. The van der Waals surface area contributed by atoms with Gasteiger partial charge in [0, 0.05) is 71.4 Å². The van der Waals surface area contributed by atoms with Crippen LogP contribution in [0.3, 0.4) is 0 Å². The minimum absolute atomic E-state index is 1.09. The van der Waals surface area contributed by atoms with Gasteiger partial charge < -0.3 is 14.7 Å². The third-order valence-electron chi connectivity index (χ3n) is 13.9. The van der Waals surface area contributed by atoms with Crippen LogP contribution in [-0.4, -0.2) is 0 Å². The first-order valence-corrected chi connectivity index (χ1v) is 26.0. The maximum atomic E-state index is 2.42. The van der Waals surface area contributed by atoms with Gasteiger partial charge in [-0.25, -0.2) is 0 Å². The number of benzene rings is 12. The second-order valence-corrected chi connectivity index (χ2v) is 19.7. The van der Waals surface area contributed by atoms with Crippen molar-refractivity contribution in [2.75, 3.05) is 14.7 Å². The molecule has 3 nitrogen and oxygen atoms in total. The molecular weight excluding hydrogens is 915 g/mol. The number of fused-ring (bicyclic) bond motifs is 4. The molecule has 0 saturated carbocycles. The summed E-state index contributed by atoms with van der Waals surface area (Å²) >= 11 is 1.87. The third-order valence-corrected chi connectivity index (χ3v) is 15.0. The Labute approximate surface area is 436 Å². The maximum absolute atomic E-state index is 2.42. The molecule has 0 unspecified atom stereocenters. The lowest BCUT2D eigenvalue weighted by molar-refractivity contribution is 1.28. The highest BCUT2D eigenvalue weighted by Crippen LogP contribution is 2.47. The van der Waals surface area contributed by atoms with E-state index in [9.17, 15) is 0 Å². The summed E-state index contributed by atoms with van der Waals surface area (Å²) in [5.41, 5.74) is 17.0. The number of nitrogens with zero attached hydrogens (tertiary/aromatic N) is 3. The van der Waals surface area contributed by atoms with Crippen LogP contribution in [0.15, 0.2) is 297 Å². The topological polar surface area (TPSA) is 9.72 Å². The van der Waals surface area contributed by atoms with Gasteiger partial charge in [-0.1, -0.05) is 170 Å². The lowest BCUT2D eigenvalue weighted by Crippen LogP contribution is -2.09. The Balaban J connectivity index is 0.965. The van der Waals surface area contributed by atoms with E-state index in [-0.39, 0.29) is 0 Å². The first-order valence-electron chi connectivity index (χ1n) is 25.1. The number of hydrogen-bond donors (Lipinski definition) is 0. The number of anilines is 9. The van der Waals surface area contributed by atoms with Gasteiger partial charge in [-0.05, 0) is 172 Å². The van der Waals surface area contributed by atoms with Crippen molar-refractivity contribution in [1.82, 2.24) is 0 Å². The molecule has 0 aliphatic rings. The van der Waals surface area contributed by atoms with Gasteiger partial charge in [-0.3, -0.25) is 0 Å². The molecule has 1 aromatic heterocycles. The normalized spacial score (nSPS) is 11.2. The smallest absolute Gasteiger partial charge is 0.0468 e. The zero-order chi connectivity index (χ0) is 49.2. The molecule has 350 valence electrons. The molecule has 0 radical (unpaired) electrons. The van der Waals surface area contributed by atoms with Crippen LogP contribution in [0.1, 0.15) is 0 Å². The summed E-state index contributed by atoms with van der Waals surface area (Å²) in [6.45, 7) is 0. The quantitative estimate of drug-likeness (QED) is 0.121. The van der Waals surface area contributed by atoms with Gasteiger partial charge in [0.25, 0.3) is 0 Å². The molecule has 12 aromatic carbocycles. The van der Waals surface area contributed by atoms with Crippen molar-refractivity contribution >= 4 is 93.5 Å². The molecule has 13 aromatic rings. The molecule has 0 amide bonds. The average molecular weight is 964 g/mol. The Morgan fingerprint density at radius 3 is 1.11 bits per heavy atom. The van der Waals surface area contributed by atoms with Crippen molar-refractivity contribution in [2.24, 2.45) is 0 Å². The highest BCUT2D eigenvalue weighted by atomic mass is 32.1. The largest absolute Gasteiger partial charge is 0.310 e. The number of rotatable bonds is 12. The van der Waals surface area contributed by atoms with Crippen LogP contribution in [0.5, 0.6) is 0 Å². The molecule has 0 aliphatic carbocycles.